The highest BCUT2D eigenvalue weighted by Gasteiger charge is 2.11. The number of non-ortho nitro benzene ring substituents is 1. The number of nitro groups is 1. The Balaban J connectivity index is 1.80. The molecule has 0 saturated heterocycles. The van der Waals surface area contributed by atoms with E-state index in [1.165, 1.54) is 12.1 Å². The normalized spacial score (nSPS) is 11.3. The number of aryl methyl sites for hydroxylation is 1. The van der Waals surface area contributed by atoms with Crippen LogP contribution in [0.2, 0.25) is 0 Å². The number of rotatable bonds is 8. The number of nitro benzene ring substituents is 1. The van der Waals surface area contributed by atoms with E-state index in [4.69, 9.17) is 0 Å². The van der Waals surface area contributed by atoms with Gasteiger partial charge >= 0.3 is 0 Å². The van der Waals surface area contributed by atoms with Crippen molar-refractivity contribution in [2.75, 3.05) is 12.3 Å². The van der Waals surface area contributed by atoms with Crippen molar-refractivity contribution in [1.82, 2.24) is 14.9 Å². The van der Waals surface area contributed by atoms with Gasteiger partial charge in [0.1, 0.15) is 0 Å². The first-order valence-electron chi connectivity index (χ1n) is 6.92. The van der Waals surface area contributed by atoms with E-state index in [0.29, 0.717) is 12.8 Å². The number of benzene rings is 1. The van der Waals surface area contributed by atoms with Crippen molar-refractivity contribution in [2.45, 2.75) is 12.8 Å². The van der Waals surface area contributed by atoms with Crippen molar-refractivity contribution in [3.63, 3.8) is 0 Å². The van der Waals surface area contributed by atoms with Crippen molar-refractivity contribution >= 4 is 15.7 Å². The quantitative estimate of drug-likeness (QED) is 0.570. The molecule has 0 aliphatic heterocycles. The van der Waals surface area contributed by atoms with Crippen molar-refractivity contribution in [2.24, 2.45) is 0 Å². The summed E-state index contributed by atoms with van der Waals surface area (Å²) in [5.74, 6) is -0.0700. The lowest BCUT2D eigenvalue weighted by Crippen LogP contribution is -2.29. The summed E-state index contributed by atoms with van der Waals surface area (Å²) in [7, 11) is -3.40. The minimum atomic E-state index is -3.40. The zero-order valence-corrected chi connectivity index (χ0v) is 13.1. The van der Waals surface area contributed by atoms with Gasteiger partial charge in [-0.25, -0.2) is 13.1 Å². The summed E-state index contributed by atoms with van der Waals surface area (Å²) >= 11 is 0. The molecule has 0 spiro atoms. The van der Waals surface area contributed by atoms with Gasteiger partial charge in [0.05, 0.1) is 16.9 Å². The zero-order chi connectivity index (χ0) is 16.7. The molecule has 0 fully saturated rings. The lowest BCUT2D eigenvalue weighted by atomic mass is 10.1. The summed E-state index contributed by atoms with van der Waals surface area (Å²) in [5, 5.41) is 17.9. The Labute approximate surface area is 133 Å². The highest BCUT2D eigenvalue weighted by molar-refractivity contribution is 7.89. The lowest BCUT2D eigenvalue weighted by molar-refractivity contribution is -0.384. The van der Waals surface area contributed by atoms with E-state index >= 15 is 0 Å². The van der Waals surface area contributed by atoms with Gasteiger partial charge in [0.15, 0.2) is 0 Å². The number of nitrogens with one attached hydrogen (secondary N) is 1. The first-order valence-corrected chi connectivity index (χ1v) is 8.58. The number of sulfonamides is 1. The predicted octanol–water partition coefficient (Wildman–Crippen LogP) is 1.09. The Hall–Kier alpha value is -2.39. The lowest BCUT2D eigenvalue weighted by Gasteiger charge is -2.06. The van der Waals surface area contributed by atoms with E-state index in [1.807, 2.05) is 0 Å². The van der Waals surface area contributed by atoms with Crippen LogP contribution in [0.4, 0.5) is 5.69 Å². The molecule has 23 heavy (non-hydrogen) atoms. The molecule has 0 radical (unpaired) electrons. The van der Waals surface area contributed by atoms with Crippen molar-refractivity contribution in [3.8, 4) is 0 Å². The van der Waals surface area contributed by atoms with E-state index in [-0.39, 0.29) is 18.0 Å². The third kappa shape index (κ3) is 5.72. The van der Waals surface area contributed by atoms with Gasteiger partial charge in [-0.1, -0.05) is 12.1 Å². The molecule has 0 unspecified atom stereocenters. The third-order valence-electron chi connectivity index (χ3n) is 3.19. The monoisotopic (exact) mass is 336 g/mol. The van der Waals surface area contributed by atoms with Crippen molar-refractivity contribution < 1.29 is 13.3 Å². The molecular weight excluding hydrogens is 320 g/mol. The van der Waals surface area contributed by atoms with Gasteiger partial charge in [-0.3, -0.25) is 10.1 Å². The average molecular weight is 336 g/mol. The molecule has 0 amide bonds. The van der Waals surface area contributed by atoms with Gasteiger partial charge in [-0.05, 0) is 30.0 Å². The van der Waals surface area contributed by atoms with Gasteiger partial charge in [-0.15, -0.1) is 0 Å². The first-order chi connectivity index (χ1) is 11.0. The molecule has 122 valence electrons. The molecule has 2 aromatic rings. The van der Waals surface area contributed by atoms with Crippen LogP contribution in [0.1, 0.15) is 11.1 Å². The van der Waals surface area contributed by atoms with E-state index < -0.39 is 14.9 Å². The van der Waals surface area contributed by atoms with Crippen LogP contribution in [0.25, 0.3) is 0 Å². The van der Waals surface area contributed by atoms with Crippen molar-refractivity contribution in [3.05, 3.63) is 64.0 Å². The van der Waals surface area contributed by atoms with Crippen LogP contribution < -0.4 is 4.72 Å². The highest BCUT2D eigenvalue weighted by Crippen LogP contribution is 2.12. The Bertz CT molecular complexity index is 748. The zero-order valence-electron chi connectivity index (χ0n) is 12.3. The number of hydrogen-bond acceptors (Lipinski definition) is 6. The molecule has 1 aromatic heterocycles. The predicted molar refractivity (Wildman–Crippen MR) is 84.3 cm³/mol. The van der Waals surface area contributed by atoms with Gasteiger partial charge in [0, 0.05) is 24.9 Å². The minimum Gasteiger partial charge on any atom is -0.258 e. The van der Waals surface area contributed by atoms with Crippen LogP contribution in [0.5, 0.6) is 0 Å². The Morgan fingerprint density at radius 1 is 1.04 bits per heavy atom. The maximum atomic E-state index is 11.9. The maximum absolute atomic E-state index is 11.9. The largest absolute Gasteiger partial charge is 0.269 e. The average Bonchev–Trinajstić information content (AvgIpc) is 2.54. The summed E-state index contributed by atoms with van der Waals surface area (Å²) in [4.78, 5) is 10.1. The number of aromatic nitrogens is 2. The van der Waals surface area contributed by atoms with Crippen LogP contribution in [-0.2, 0) is 22.9 Å². The highest BCUT2D eigenvalue weighted by atomic mass is 32.2. The number of hydrogen-bond donors (Lipinski definition) is 1. The second kappa shape index (κ2) is 7.75. The first kappa shape index (κ1) is 17.0. The maximum Gasteiger partial charge on any atom is 0.269 e. The van der Waals surface area contributed by atoms with Gasteiger partial charge in [-0.2, -0.15) is 10.2 Å². The topological polar surface area (TPSA) is 115 Å². The number of nitrogens with zero attached hydrogens (tertiary/aromatic N) is 3. The Morgan fingerprint density at radius 2 is 1.78 bits per heavy atom. The third-order valence-corrected chi connectivity index (χ3v) is 4.57. The van der Waals surface area contributed by atoms with E-state index in [1.54, 1.807) is 30.6 Å². The van der Waals surface area contributed by atoms with E-state index in [9.17, 15) is 18.5 Å². The van der Waals surface area contributed by atoms with E-state index in [0.717, 1.165) is 11.1 Å². The van der Waals surface area contributed by atoms with Gasteiger partial charge in [0.2, 0.25) is 10.0 Å². The molecule has 1 aromatic carbocycles. The molecule has 1 N–H and O–H groups in total. The van der Waals surface area contributed by atoms with Crippen LogP contribution in [-0.4, -0.2) is 35.8 Å². The second-order valence-electron chi connectivity index (χ2n) is 4.89. The molecule has 2 rings (SSSR count). The molecule has 9 heteroatoms. The summed E-state index contributed by atoms with van der Waals surface area (Å²) in [6.07, 6.45) is 3.97. The van der Waals surface area contributed by atoms with Crippen LogP contribution in [0, 0.1) is 10.1 Å². The standard InChI is InChI=1S/C14H16N4O4S/c19-18(20)14-3-1-12(2-4-14)7-10-23(21,22)17-9-6-13-5-8-15-16-11-13/h1-5,8,11,17H,6-7,9-10H2. The summed E-state index contributed by atoms with van der Waals surface area (Å²) < 4.78 is 26.4. The second-order valence-corrected chi connectivity index (χ2v) is 6.81. The fourth-order valence-electron chi connectivity index (χ4n) is 1.93. The Morgan fingerprint density at radius 3 is 2.39 bits per heavy atom. The van der Waals surface area contributed by atoms with Crippen LogP contribution in [0.3, 0.4) is 0 Å². The fraction of sp³-hybridized carbons (Fsp3) is 0.286. The summed E-state index contributed by atoms with van der Waals surface area (Å²) in [6, 6.07) is 7.64. The molecule has 0 bridgehead atoms. The van der Waals surface area contributed by atoms with Gasteiger partial charge < -0.3 is 0 Å². The molecule has 0 aliphatic carbocycles. The van der Waals surface area contributed by atoms with Crippen LogP contribution in [0.15, 0.2) is 42.7 Å². The SMILES string of the molecule is O=[N+]([O-])c1ccc(CCS(=O)(=O)NCCc2ccnnc2)cc1. The molecule has 0 saturated carbocycles. The molecule has 8 nitrogen and oxygen atoms in total. The van der Waals surface area contributed by atoms with Gasteiger partial charge in [0.25, 0.3) is 5.69 Å². The summed E-state index contributed by atoms with van der Waals surface area (Å²) in [6.45, 7) is 0.286. The van der Waals surface area contributed by atoms with Crippen LogP contribution >= 0.6 is 0 Å². The molecule has 0 aliphatic rings. The molecular formula is C14H16N4O4S. The Kier molecular flexibility index (Phi) is 5.72. The molecule has 1 heterocycles. The minimum absolute atomic E-state index is 0.0132. The summed E-state index contributed by atoms with van der Waals surface area (Å²) in [5.41, 5.74) is 1.62. The fourth-order valence-corrected chi connectivity index (χ4v) is 2.99. The van der Waals surface area contributed by atoms with E-state index in [2.05, 4.69) is 14.9 Å². The smallest absolute Gasteiger partial charge is 0.258 e. The molecule has 0 atom stereocenters. The van der Waals surface area contributed by atoms with Crippen molar-refractivity contribution in [1.29, 1.82) is 0 Å².